The molecule has 1 unspecified atom stereocenters. The zero-order chi connectivity index (χ0) is 12.1. The highest BCUT2D eigenvalue weighted by Crippen LogP contribution is 2.07. The maximum absolute atomic E-state index is 5.53. The minimum atomic E-state index is 0.561. The first-order valence-electron chi connectivity index (χ1n) is 6.11. The lowest BCUT2D eigenvalue weighted by molar-refractivity contribution is 0.234. The Morgan fingerprint density at radius 1 is 1.59 bits per heavy atom. The van der Waals surface area contributed by atoms with E-state index < -0.39 is 0 Å². The molecule has 1 saturated heterocycles. The fourth-order valence-electron chi connectivity index (χ4n) is 2.09. The van der Waals surface area contributed by atoms with E-state index in [0.29, 0.717) is 11.9 Å². The minimum Gasteiger partial charge on any atom is -0.384 e. The summed E-state index contributed by atoms with van der Waals surface area (Å²) in [7, 11) is 2.17. The number of likely N-dealkylation sites (N-methyl/N-ethyl adjacent to an activating group) is 1. The van der Waals surface area contributed by atoms with Crippen LogP contribution in [0.5, 0.6) is 0 Å². The Morgan fingerprint density at radius 3 is 3.18 bits per heavy atom. The zero-order valence-electron chi connectivity index (χ0n) is 10.3. The maximum atomic E-state index is 5.53. The van der Waals surface area contributed by atoms with Gasteiger partial charge in [-0.1, -0.05) is 0 Å². The number of anilines is 2. The highest BCUT2D eigenvalue weighted by atomic mass is 15.2. The van der Waals surface area contributed by atoms with E-state index in [1.54, 1.807) is 6.20 Å². The summed E-state index contributed by atoms with van der Waals surface area (Å²) in [6.45, 7) is 4.31. The van der Waals surface area contributed by atoms with E-state index >= 15 is 0 Å². The quantitative estimate of drug-likeness (QED) is 0.703. The summed E-state index contributed by atoms with van der Waals surface area (Å²) in [5.41, 5.74) is 6.56. The molecule has 5 heteroatoms. The Balaban J connectivity index is 1.70. The number of piperazine rings is 1. The lowest BCUT2D eigenvalue weighted by atomic mass is 10.1. The summed E-state index contributed by atoms with van der Waals surface area (Å²) in [4.78, 5) is 6.42. The Labute approximate surface area is 102 Å². The largest absolute Gasteiger partial charge is 0.384 e. The van der Waals surface area contributed by atoms with Crippen LogP contribution >= 0.6 is 0 Å². The van der Waals surface area contributed by atoms with Gasteiger partial charge in [0, 0.05) is 32.2 Å². The fraction of sp³-hybridized carbons (Fsp3) is 0.583. The Kier molecular flexibility index (Phi) is 4.17. The SMILES string of the molecule is CN1CCNC(CCNc2ccc(N)nc2)C1. The van der Waals surface area contributed by atoms with Crippen molar-refractivity contribution in [1.29, 1.82) is 0 Å². The lowest BCUT2D eigenvalue weighted by Gasteiger charge is -2.31. The second-order valence-corrected chi connectivity index (χ2v) is 4.60. The summed E-state index contributed by atoms with van der Waals surface area (Å²) in [6, 6.07) is 4.36. The molecule has 2 heterocycles. The van der Waals surface area contributed by atoms with Gasteiger partial charge in [0.2, 0.25) is 0 Å². The molecule has 1 aromatic heterocycles. The lowest BCUT2D eigenvalue weighted by Crippen LogP contribution is -2.49. The van der Waals surface area contributed by atoms with Crippen LogP contribution in [0.25, 0.3) is 0 Å². The number of pyridine rings is 1. The van der Waals surface area contributed by atoms with Crippen LogP contribution in [0.15, 0.2) is 18.3 Å². The fourth-order valence-corrected chi connectivity index (χ4v) is 2.09. The molecule has 2 rings (SSSR count). The Hall–Kier alpha value is -1.33. The molecule has 0 saturated carbocycles. The number of nitrogen functional groups attached to an aromatic ring is 1. The van der Waals surface area contributed by atoms with E-state index in [0.717, 1.165) is 38.3 Å². The number of hydrogen-bond acceptors (Lipinski definition) is 5. The van der Waals surface area contributed by atoms with Crippen LogP contribution in [0.3, 0.4) is 0 Å². The molecule has 94 valence electrons. The van der Waals surface area contributed by atoms with Gasteiger partial charge in [-0.15, -0.1) is 0 Å². The molecule has 4 N–H and O–H groups in total. The van der Waals surface area contributed by atoms with E-state index in [1.807, 2.05) is 12.1 Å². The van der Waals surface area contributed by atoms with Gasteiger partial charge in [0.25, 0.3) is 0 Å². The van der Waals surface area contributed by atoms with E-state index in [1.165, 1.54) is 0 Å². The van der Waals surface area contributed by atoms with E-state index in [2.05, 4.69) is 27.6 Å². The van der Waals surface area contributed by atoms with Crippen LogP contribution in [-0.4, -0.2) is 49.2 Å². The van der Waals surface area contributed by atoms with Crippen molar-refractivity contribution in [3.8, 4) is 0 Å². The molecule has 0 bridgehead atoms. The van der Waals surface area contributed by atoms with Crippen LogP contribution in [-0.2, 0) is 0 Å². The molecule has 1 atom stereocenters. The third-order valence-corrected chi connectivity index (χ3v) is 3.07. The molecule has 1 fully saturated rings. The molecular weight excluding hydrogens is 214 g/mol. The molecule has 5 nitrogen and oxygen atoms in total. The van der Waals surface area contributed by atoms with Crippen LogP contribution in [0, 0.1) is 0 Å². The highest BCUT2D eigenvalue weighted by Gasteiger charge is 2.15. The minimum absolute atomic E-state index is 0.561. The van der Waals surface area contributed by atoms with Crippen molar-refractivity contribution in [3.63, 3.8) is 0 Å². The van der Waals surface area contributed by atoms with E-state index in [-0.39, 0.29) is 0 Å². The molecule has 17 heavy (non-hydrogen) atoms. The molecule has 0 amide bonds. The number of hydrogen-bond donors (Lipinski definition) is 3. The van der Waals surface area contributed by atoms with E-state index in [9.17, 15) is 0 Å². The van der Waals surface area contributed by atoms with Crippen LogP contribution in [0.4, 0.5) is 11.5 Å². The summed E-state index contributed by atoms with van der Waals surface area (Å²) < 4.78 is 0. The second-order valence-electron chi connectivity index (χ2n) is 4.60. The van der Waals surface area contributed by atoms with Gasteiger partial charge in [-0.05, 0) is 25.6 Å². The van der Waals surface area contributed by atoms with Gasteiger partial charge in [0.05, 0.1) is 11.9 Å². The summed E-state index contributed by atoms with van der Waals surface area (Å²) >= 11 is 0. The first-order chi connectivity index (χ1) is 8.24. The van der Waals surface area contributed by atoms with Crippen molar-refractivity contribution in [3.05, 3.63) is 18.3 Å². The monoisotopic (exact) mass is 235 g/mol. The Morgan fingerprint density at radius 2 is 2.47 bits per heavy atom. The molecule has 1 aromatic rings. The van der Waals surface area contributed by atoms with Crippen molar-refractivity contribution in [2.75, 3.05) is 44.3 Å². The summed E-state index contributed by atoms with van der Waals surface area (Å²) in [5.74, 6) is 0.561. The molecular formula is C12H21N5. The van der Waals surface area contributed by atoms with Gasteiger partial charge in [-0.25, -0.2) is 4.98 Å². The number of nitrogens with zero attached hydrogens (tertiary/aromatic N) is 2. The van der Waals surface area contributed by atoms with Gasteiger partial charge in [-0.2, -0.15) is 0 Å². The van der Waals surface area contributed by atoms with E-state index in [4.69, 9.17) is 5.73 Å². The predicted octanol–water partition coefficient (Wildman–Crippen LogP) is 0.369. The summed E-state index contributed by atoms with van der Waals surface area (Å²) in [6.07, 6.45) is 2.89. The molecule has 0 radical (unpaired) electrons. The third kappa shape index (κ3) is 3.87. The van der Waals surface area contributed by atoms with Crippen LogP contribution in [0.1, 0.15) is 6.42 Å². The van der Waals surface area contributed by atoms with Crippen molar-refractivity contribution in [2.45, 2.75) is 12.5 Å². The number of rotatable bonds is 4. The number of nitrogens with one attached hydrogen (secondary N) is 2. The number of aromatic nitrogens is 1. The molecule has 0 aliphatic carbocycles. The third-order valence-electron chi connectivity index (χ3n) is 3.07. The number of nitrogens with two attached hydrogens (primary N) is 1. The highest BCUT2D eigenvalue weighted by molar-refractivity contribution is 5.45. The van der Waals surface area contributed by atoms with Crippen molar-refractivity contribution < 1.29 is 0 Å². The van der Waals surface area contributed by atoms with Crippen molar-refractivity contribution in [1.82, 2.24) is 15.2 Å². The predicted molar refractivity (Wildman–Crippen MR) is 71.0 cm³/mol. The molecule has 1 aliphatic heterocycles. The van der Waals surface area contributed by atoms with Gasteiger partial charge >= 0.3 is 0 Å². The summed E-state index contributed by atoms with van der Waals surface area (Å²) in [5, 5.41) is 6.89. The molecule has 0 spiro atoms. The van der Waals surface area contributed by atoms with Gasteiger partial charge in [-0.3, -0.25) is 0 Å². The van der Waals surface area contributed by atoms with Gasteiger partial charge in [0.1, 0.15) is 5.82 Å². The first kappa shape index (κ1) is 12.1. The second kappa shape index (κ2) is 5.84. The first-order valence-corrected chi connectivity index (χ1v) is 6.11. The average Bonchev–Trinajstić information content (AvgIpc) is 2.32. The normalized spacial score (nSPS) is 21.4. The standard InChI is InChI=1S/C12H21N5/c1-17-7-6-15-11(9-17)4-5-14-10-2-3-12(13)16-8-10/h2-3,8,11,14-15H,4-7,9H2,1H3,(H2,13,16). The molecule has 0 aromatic carbocycles. The molecule has 1 aliphatic rings. The smallest absolute Gasteiger partial charge is 0.123 e. The van der Waals surface area contributed by atoms with Crippen molar-refractivity contribution >= 4 is 11.5 Å². The van der Waals surface area contributed by atoms with Crippen LogP contribution in [0.2, 0.25) is 0 Å². The topological polar surface area (TPSA) is 66.2 Å². The average molecular weight is 235 g/mol. The van der Waals surface area contributed by atoms with Crippen LogP contribution < -0.4 is 16.4 Å². The maximum Gasteiger partial charge on any atom is 0.123 e. The van der Waals surface area contributed by atoms with Crippen molar-refractivity contribution in [2.24, 2.45) is 0 Å². The van der Waals surface area contributed by atoms with Gasteiger partial charge < -0.3 is 21.3 Å². The zero-order valence-corrected chi connectivity index (χ0v) is 10.3. The Bertz CT molecular complexity index is 337. The van der Waals surface area contributed by atoms with Gasteiger partial charge in [0.15, 0.2) is 0 Å².